The highest BCUT2D eigenvalue weighted by molar-refractivity contribution is 7.99. The third kappa shape index (κ3) is 5.17. The van der Waals surface area contributed by atoms with Gasteiger partial charge in [-0.25, -0.2) is 0 Å². The summed E-state index contributed by atoms with van der Waals surface area (Å²) in [6.07, 6.45) is 4.46. The first-order valence-electron chi connectivity index (χ1n) is 8.96. The third-order valence-corrected chi connectivity index (χ3v) is 4.87. The van der Waals surface area contributed by atoms with Crippen LogP contribution in [-0.2, 0) is 4.79 Å². The number of carbonyl (C=O) groups is 1. The number of hydrogen-bond donors (Lipinski definition) is 1. The number of nitrogens with zero attached hydrogens (tertiary/aromatic N) is 4. The van der Waals surface area contributed by atoms with Crippen LogP contribution in [0, 0.1) is 5.92 Å². The second kappa shape index (κ2) is 9.32. The molecule has 2 heterocycles. The van der Waals surface area contributed by atoms with E-state index in [0.717, 1.165) is 17.7 Å². The van der Waals surface area contributed by atoms with Gasteiger partial charge in [0, 0.05) is 30.2 Å². The van der Waals surface area contributed by atoms with E-state index in [1.165, 1.54) is 11.8 Å². The van der Waals surface area contributed by atoms with Gasteiger partial charge in [0.1, 0.15) is 0 Å². The Bertz CT molecular complexity index is 865. The van der Waals surface area contributed by atoms with Gasteiger partial charge in [-0.2, -0.15) is 0 Å². The highest BCUT2D eigenvalue weighted by Gasteiger charge is 2.17. The molecule has 0 unspecified atom stereocenters. The van der Waals surface area contributed by atoms with E-state index in [1.807, 2.05) is 47.0 Å². The highest BCUT2D eigenvalue weighted by Crippen LogP contribution is 2.27. The highest BCUT2D eigenvalue weighted by atomic mass is 32.2. The van der Waals surface area contributed by atoms with Crippen molar-refractivity contribution in [1.82, 2.24) is 25.1 Å². The molecule has 0 radical (unpaired) electrons. The number of aromatic nitrogens is 4. The van der Waals surface area contributed by atoms with Crippen LogP contribution in [0.1, 0.15) is 20.3 Å². The van der Waals surface area contributed by atoms with Gasteiger partial charge >= 0.3 is 0 Å². The largest absolute Gasteiger partial charge is 0.355 e. The average molecular weight is 382 g/mol. The van der Waals surface area contributed by atoms with Crippen LogP contribution in [0.3, 0.4) is 0 Å². The van der Waals surface area contributed by atoms with Crippen molar-refractivity contribution in [1.29, 1.82) is 0 Å². The summed E-state index contributed by atoms with van der Waals surface area (Å²) in [6, 6.07) is 13.7. The Balaban J connectivity index is 1.79. The van der Waals surface area contributed by atoms with Crippen LogP contribution < -0.4 is 5.32 Å². The average Bonchev–Trinajstić information content (AvgIpc) is 3.11. The standard InChI is InChI=1S/C20H23N5OS/c1-15(2)10-12-22-18(26)14-27-20-24-23-19(16-7-6-11-21-13-16)25(20)17-8-4-3-5-9-17/h3-9,11,13,15H,10,12,14H2,1-2H3,(H,22,26). The van der Waals surface area contributed by atoms with Crippen LogP contribution in [-0.4, -0.2) is 38.0 Å². The molecule has 0 saturated carbocycles. The second-order valence-electron chi connectivity index (χ2n) is 6.54. The summed E-state index contributed by atoms with van der Waals surface area (Å²) < 4.78 is 1.96. The first-order chi connectivity index (χ1) is 13.1. The Morgan fingerprint density at radius 2 is 1.96 bits per heavy atom. The molecule has 0 saturated heterocycles. The molecule has 0 aliphatic rings. The van der Waals surface area contributed by atoms with Crippen LogP contribution in [0.4, 0.5) is 0 Å². The van der Waals surface area contributed by atoms with Crippen molar-refractivity contribution in [3.63, 3.8) is 0 Å². The van der Waals surface area contributed by atoms with Gasteiger partial charge in [-0.05, 0) is 36.6 Å². The lowest BCUT2D eigenvalue weighted by atomic mass is 10.1. The van der Waals surface area contributed by atoms with Gasteiger partial charge in [-0.15, -0.1) is 10.2 Å². The van der Waals surface area contributed by atoms with Crippen molar-refractivity contribution >= 4 is 17.7 Å². The first kappa shape index (κ1) is 19.1. The van der Waals surface area contributed by atoms with Crippen molar-refractivity contribution < 1.29 is 4.79 Å². The number of nitrogens with one attached hydrogen (secondary N) is 1. The minimum atomic E-state index is 0.00573. The Labute approximate surface area is 163 Å². The maximum absolute atomic E-state index is 12.1. The summed E-state index contributed by atoms with van der Waals surface area (Å²) in [7, 11) is 0. The number of hydrogen-bond acceptors (Lipinski definition) is 5. The summed E-state index contributed by atoms with van der Waals surface area (Å²) in [5, 5.41) is 12.3. The zero-order chi connectivity index (χ0) is 19.1. The molecule has 140 valence electrons. The molecule has 0 bridgehead atoms. The van der Waals surface area contributed by atoms with E-state index >= 15 is 0 Å². The molecule has 3 rings (SSSR count). The lowest BCUT2D eigenvalue weighted by Crippen LogP contribution is -2.27. The molecule has 27 heavy (non-hydrogen) atoms. The summed E-state index contributed by atoms with van der Waals surface area (Å²) in [5.74, 6) is 1.58. The molecule has 0 atom stereocenters. The topological polar surface area (TPSA) is 72.7 Å². The Morgan fingerprint density at radius 1 is 1.15 bits per heavy atom. The van der Waals surface area contributed by atoms with Gasteiger partial charge < -0.3 is 5.32 Å². The fourth-order valence-electron chi connectivity index (χ4n) is 2.54. The fraction of sp³-hybridized carbons (Fsp3) is 0.300. The van der Waals surface area contributed by atoms with Crippen molar-refractivity contribution in [3.05, 3.63) is 54.9 Å². The van der Waals surface area contributed by atoms with E-state index in [9.17, 15) is 4.79 Å². The van der Waals surface area contributed by atoms with E-state index in [0.29, 0.717) is 29.2 Å². The number of amides is 1. The molecular formula is C20H23N5OS. The van der Waals surface area contributed by atoms with Gasteiger partial charge in [0.15, 0.2) is 11.0 Å². The van der Waals surface area contributed by atoms with Crippen molar-refractivity contribution in [3.8, 4) is 17.1 Å². The van der Waals surface area contributed by atoms with Crippen LogP contribution in [0.5, 0.6) is 0 Å². The molecular weight excluding hydrogens is 358 g/mol. The first-order valence-corrected chi connectivity index (χ1v) is 9.94. The zero-order valence-electron chi connectivity index (χ0n) is 15.5. The predicted molar refractivity (Wildman–Crippen MR) is 108 cm³/mol. The number of para-hydroxylation sites is 1. The van der Waals surface area contributed by atoms with Crippen LogP contribution >= 0.6 is 11.8 Å². The van der Waals surface area contributed by atoms with E-state index in [1.54, 1.807) is 12.4 Å². The number of pyridine rings is 1. The maximum Gasteiger partial charge on any atom is 0.230 e. The smallest absolute Gasteiger partial charge is 0.230 e. The Kier molecular flexibility index (Phi) is 6.59. The monoisotopic (exact) mass is 381 g/mol. The van der Waals surface area contributed by atoms with Crippen LogP contribution in [0.15, 0.2) is 60.0 Å². The van der Waals surface area contributed by atoms with Gasteiger partial charge in [-0.3, -0.25) is 14.3 Å². The molecule has 2 aromatic heterocycles. The third-order valence-electron chi connectivity index (χ3n) is 3.94. The molecule has 0 spiro atoms. The van der Waals surface area contributed by atoms with E-state index in [-0.39, 0.29) is 5.91 Å². The van der Waals surface area contributed by atoms with Crippen molar-refractivity contribution in [2.45, 2.75) is 25.4 Å². The van der Waals surface area contributed by atoms with E-state index in [4.69, 9.17) is 0 Å². The minimum absolute atomic E-state index is 0.00573. The molecule has 7 heteroatoms. The summed E-state index contributed by atoms with van der Waals surface area (Å²) in [6.45, 7) is 4.98. The van der Waals surface area contributed by atoms with Gasteiger partial charge in [-0.1, -0.05) is 43.8 Å². The summed E-state index contributed by atoms with van der Waals surface area (Å²) in [5.41, 5.74) is 1.83. The summed E-state index contributed by atoms with van der Waals surface area (Å²) >= 11 is 1.38. The SMILES string of the molecule is CC(C)CCNC(=O)CSc1nnc(-c2cccnc2)n1-c1ccccc1. The maximum atomic E-state index is 12.1. The number of thioether (sulfide) groups is 1. The number of carbonyl (C=O) groups excluding carboxylic acids is 1. The van der Waals surface area contributed by atoms with Gasteiger partial charge in [0.05, 0.1) is 5.75 Å². The van der Waals surface area contributed by atoms with Crippen LogP contribution in [0.25, 0.3) is 17.1 Å². The lowest BCUT2D eigenvalue weighted by molar-refractivity contribution is -0.118. The molecule has 1 N–H and O–H groups in total. The number of rotatable bonds is 8. The van der Waals surface area contributed by atoms with Gasteiger partial charge in [0.25, 0.3) is 0 Å². The Morgan fingerprint density at radius 3 is 2.67 bits per heavy atom. The van der Waals surface area contributed by atoms with Crippen molar-refractivity contribution in [2.75, 3.05) is 12.3 Å². The van der Waals surface area contributed by atoms with Gasteiger partial charge in [0.2, 0.25) is 5.91 Å². The Hall–Kier alpha value is -2.67. The molecule has 0 fully saturated rings. The normalized spacial score (nSPS) is 10.9. The molecule has 0 aliphatic heterocycles. The zero-order valence-corrected chi connectivity index (χ0v) is 16.3. The van der Waals surface area contributed by atoms with Crippen molar-refractivity contribution in [2.24, 2.45) is 5.92 Å². The van der Waals surface area contributed by atoms with E-state index < -0.39 is 0 Å². The fourth-order valence-corrected chi connectivity index (χ4v) is 3.32. The molecule has 6 nitrogen and oxygen atoms in total. The molecule has 0 aliphatic carbocycles. The molecule has 1 aromatic carbocycles. The number of benzene rings is 1. The second-order valence-corrected chi connectivity index (χ2v) is 7.48. The minimum Gasteiger partial charge on any atom is -0.355 e. The lowest BCUT2D eigenvalue weighted by Gasteiger charge is -2.10. The van der Waals surface area contributed by atoms with Crippen LogP contribution in [0.2, 0.25) is 0 Å². The predicted octanol–water partition coefficient (Wildman–Crippen LogP) is 3.58. The molecule has 3 aromatic rings. The van der Waals surface area contributed by atoms with E-state index in [2.05, 4.69) is 34.3 Å². The quantitative estimate of drug-likeness (QED) is 0.604. The summed E-state index contributed by atoms with van der Waals surface area (Å²) in [4.78, 5) is 16.3. The molecule has 1 amide bonds.